The van der Waals surface area contributed by atoms with Gasteiger partial charge >= 0.3 is 0 Å². The van der Waals surface area contributed by atoms with E-state index < -0.39 is 0 Å². The predicted octanol–water partition coefficient (Wildman–Crippen LogP) is 2.11. The Labute approximate surface area is 64.2 Å². The Balaban J connectivity index is 2.60. The standard InChI is InChI=1S/C9H16O/c1-3-8-5-4-7(2)9(10)6-8/h3,7,9-10H,4-6H2,1-2H3/b8-3-/t7-,9+/m1/s1/i3D. The maximum Gasteiger partial charge on any atom is 0.0602 e. The Morgan fingerprint density at radius 2 is 2.50 bits per heavy atom. The van der Waals surface area contributed by atoms with Gasteiger partial charge in [-0.3, -0.25) is 0 Å². The number of allylic oxidation sites excluding steroid dienone is 1. The molecule has 0 heterocycles. The Bertz CT molecular complexity index is 170. The average molecular weight is 141 g/mol. The van der Waals surface area contributed by atoms with Crippen molar-refractivity contribution in [1.29, 1.82) is 0 Å². The van der Waals surface area contributed by atoms with Crippen LogP contribution in [0.1, 0.15) is 34.5 Å². The molecular formula is C9H16O. The van der Waals surface area contributed by atoms with Gasteiger partial charge in [0.1, 0.15) is 0 Å². The number of aliphatic hydroxyl groups is 1. The highest BCUT2D eigenvalue weighted by Gasteiger charge is 2.20. The predicted molar refractivity (Wildman–Crippen MR) is 42.8 cm³/mol. The van der Waals surface area contributed by atoms with Crippen molar-refractivity contribution in [3.8, 4) is 0 Å². The van der Waals surface area contributed by atoms with E-state index in [9.17, 15) is 5.11 Å². The molecule has 1 N–H and O–H groups in total. The Morgan fingerprint density at radius 3 is 3.00 bits per heavy atom. The molecule has 0 amide bonds. The van der Waals surface area contributed by atoms with E-state index in [0.717, 1.165) is 24.8 Å². The zero-order valence-electron chi connectivity index (χ0n) is 7.72. The molecule has 1 aliphatic carbocycles. The summed E-state index contributed by atoms with van der Waals surface area (Å²) in [5.74, 6) is 0.415. The maximum absolute atomic E-state index is 9.48. The van der Waals surface area contributed by atoms with E-state index in [2.05, 4.69) is 6.92 Å². The molecule has 1 nitrogen and oxygen atoms in total. The molecule has 10 heavy (non-hydrogen) atoms. The van der Waals surface area contributed by atoms with E-state index in [-0.39, 0.29) is 6.10 Å². The van der Waals surface area contributed by atoms with Crippen molar-refractivity contribution in [3.63, 3.8) is 0 Å². The summed E-state index contributed by atoms with van der Waals surface area (Å²) in [5, 5.41) is 9.48. The molecule has 0 bridgehead atoms. The van der Waals surface area contributed by atoms with Crippen LogP contribution in [0.25, 0.3) is 0 Å². The van der Waals surface area contributed by atoms with Gasteiger partial charge in [-0.25, -0.2) is 0 Å². The number of hydrogen-bond acceptors (Lipinski definition) is 1. The van der Waals surface area contributed by atoms with Gasteiger partial charge in [-0.1, -0.05) is 18.5 Å². The molecule has 1 rings (SSSR count). The van der Waals surface area contributed by atoms with Crippen molar-refractivity contribution in [3.05, 3.63) is 11.6 Å². The molecule has 1 aliphatic rings. The smallest absolute Gasteiger partial charge is 0.0602 e. The molecule has 58 valence electrons. The molecule has 0 saturated heterocycles. The molecule has 0 aromatic carbocycles. The van der Waals surface area contributed by atoms with Crippen molar-refractivity contribution in [2.75, 3.05) is 0 Å². The second-order valence-electron chi connectivity index (χ2n) is 3.14. The van der Waals surface area contributed by atoms with E-state index in [1.54, 1.807) is 6.92 Å². The molecular weight excluding hydrogens is 124 g/mol. The fraction of sp³-hybridized carbons (Fsp3) is 0.778. The molecule has 1 saturated carbocycles. The summed E-state index contributed by atoms with van der Waals surface area (Å²) in [4.78, 5) is 0. The van der Waals surface area contributed by atoms with Crippen molar-refractivity contribution < 1.29 is 6.48 Å². The highest BCUT2D eigenvalue weighted by molar-refractivity contribution is 5.05. The molecule has 0 radical (unpaired) electrons. The largest absolute Gasteiger partial charge is 0.393 e. The van der Waals surface area contributed by atoms with E-state index in [1.165, 1.54) is 0 Å². The van der Waals surface area contributed by atoms with Gasteiger partial charge in [0, 0.05) is 0 Å². The number of hydrogen-bond donors (Lipinski definition) is 1. The normalized spacial score (nSPS) is 40.9. The monoisotopic (exact) mass is 141 g/mol. The molecule has 0 unspecified atom stereocenters. The third-order valence-electron chi connectivity index (χ3n) is 2.37. The van der Waals surface area contributed by atoms with Gasteiger partial charge < -0.3 is 5.11 Å². The van der Waals surface area contributed by atoms with E-state index in [1.807, 2.05) is 0 Å². The SMILES string of the molecule is [2H]/C(C)=C1\CC[C@@H](C)[C@@H](O)C1. The summed E-state index contributed by atoms with van der Waals surface area (Å²) in [6.07, 6.45) is 2.55. The topological polar surface area (TPSA) is 20.2 Å². The second-order valence-corrected chi connectivity index (χ2v) is 3.14. The summed E-state index contributed by atoms with van der Waals surface area (Å²) in [6, 6.07) is 0.649. The van der Waals surface area contributed by atoms with Gasteiger partial charge in [0.15, 0.2) is 0 Å². The van der Waals surface area contributed by atoms with Crippen LogP contribution in [-0.2, 0) is 0 Å². The molecule has 1 fully saturated rings. The van der Waals surface area contributed by atoms with Crippen LogP contribution in [0.2, 0.25) is 0 Å². The Hall–Kier alpha value is -0.300. The van der Waals surface area contributed by atoms with Gasteiger partial charge in [-0.15, -0.1) is 0 Å². The Morgan fingerprint density at radius 1 is 1.80 bits per heavy atom. The summed E-state index contributed by atoms with van der Waals surface area (Å²) in [6.45, 7) is 3.87. The van der Waals surface area contributed by atoms with Crippen LogP contribution in [0.3, 0.4) is 0 Å². The minimum atomic E-state index is -0.209. The lowest BCUT2D eigenvalue weighted by Crippen LogP contribution is -2.22. The first-order valence-corrected chi connectivity index (χ1v) is 3.94. The lowest BCUT2D eigenvalue weighted by atomic mass is 9.85. The van der Waals surface area contributed by atoms with Gasteiger partial charge in [0.2, 0.25) is 0 Å². The van der Waals surface area contributed by atoms with Crippen LogP contribution < -0.4 is 0 Å². The van der Waals surface area contributed by atoms with Crippen LogP contribution in [0.5, 0.6) is 0 Å². The lowest BCUT2D eigenvalue weighted by molar-refractivity contribution is 0.0978. The lowest BCUT2D eigenvalue weighted by Gasteiger charge is -2.26. The van der Waals surface area contributed by atoms with Crippen molar-refractivity contribution >= 4 is 0 Å². The number of rotatable bonds is 0. The molecule has 0 aliphatic heterocycles. The molecule has 1 heteroatoms. The van der Waals surface area contributed by atoms with Crippen LogP contribution in [0.15, 0.2) is 11.6 Å². The fourth-order valence-corrected chi connectivity index (χ4v) is 1.38. The van der Waals surface area contributed by atoms with Crippen LogP contribution >= 0.6 is 0 Å². The first-order chi connectivity index (χ1) is 5.11. The van der Waals surface area contributed by atoms with Crippen molar-refractivity contribution in [1.82, 2.24) is 0 Å². The van der Waals surface area contributed by atoms with Crippen molar-refractivity contribution in [2.24, 2.45) is 5.92 Å². The van der Waals surface area contributed by atoms with Gasteiger partial charge in [-0.2, -0.15) is 0 Å². The van der Waals surface area contributed by atoms with Crippen LogP contribution in [0, 0.1) is 5.92 Å². The molecule has 0 aromatic heterocycles. The second kappa shape index (κ2) is 3.20. The molecule has 0 spiro atoms. The molecule has 2 atom stereocenters. The highest BCUT2D eigenvalue weighted by Crippen LogP contribution is 2.27. The van der Waals surface area contributed by atoms with Gasteiger partial charge in [0.25, 0.3) is 0 Å². The Kier molecular flexibility index (Phi) is 2.05. The van der Waals surface area contributed by atoms with E-state index in [4.69, 9.17) is 1.37 Å². The summed E-state index contributed by atoms with van der Waals surface area (Å²) < 4.78 is 7.40. The van der Waals surface area contributed by atoms with Crippen molar-refractivity contribution in [2.45, 2.75) is 39.2 Å². The third kappa shape index (κ3) is 1.60. The van der Waals surface area contributed by atoms with Gasteiger partial charge in [0.05, 0.1) is 7.47 Å². The third-order valence-corrected chi connectivity index (χ3v) is 2.37. The maximum atomic E-state index is 9.48. The zero-order valence-corrected chi connectivity index (χ0v) is 6.72. The highest BCUT2D eigenvalue weighted by atomic mass is 16.3. The summed E-state index contributed by atoms with van der Waals surface area (Å²) in [7, 11) is 0. The van der Waals surface area contributed by atoms with E-state index in [0.29, 0.717) is 12.0 Å². The zero-order chi connectivity index (χ0) is 8.43. The average Bonchev–Trinajstić information content (AvgIpc) is 1.94. The minimum Gasteiger partial charge on any atom is -0.393 e. The van der Waals surface area contributed by atoms with Gasteiger partial charge in [-0.05, 0) is 32.1 Å². The van der Waals surface area contributed by atoms with E-state index >= 15 is 0 Å². The molecule has 0 aromatic rings. The quantitative estimate of drug-likeness (QED) is 0.512. The summed E-state index contributed by atoms with van der Waals surface area (Å²) in [5.41, 5.74) is 1.13. The minimum absolute atomic E-state index is 0.209. The first-order valence-electron chi connectivity index (χ1n) is 4.44. The fourth-order valence-electron chi connectivity index (χ4n) is 1.38. The van der Waals surface area contributed by atoms with Crippen LogP contribution in [-0.4, -0.2) is 11.2 Å². The summed E-state index contributed by atoms with van der Waals surface area (Å²) >= 11 is 0. The van der Waals surface area contributed by atoms with Crippen LogP contribution in [0.4, 0.5) is 0 Å². The first kappa shape index (κ1) is 6.41. The number of aliphatic hydroxyl groups excluding tert-OH is 1.